The minimum atomic E-state index is -0.581. The molecular weight excluding hydrogens is 240 g/mol. The molecule has 0 bridgehead atoms. The fourth-order valence-corrected chi connectivity index (χ4v) is 2.22. The highest BCUT2D eigenvalue weighted by molar-refractivity contribution is 5.47. The number of nitrogens with one attached hydrogen (secondary N) is 2. The fraction of sp³-hybridized carbons (Fsp3) is 0.286. The molecule has 5 nitrogen and oxygen atoms in total. The molecule has 1 saturated carbocycles. The van der Waals surface area contributed by atoms with Crippen molar-refractivity contribution in [2.75, 3.05) is 10.6 Å². The highest BCUT2D eigenvalue weighted by Gasteiger charge is 2.46. The number of hydrogen-bond donors (Lipinski definition) is 3. The Morgan fingerprint density at radius 2 is 1.58 bits per heavy atom. The molecule has 1 aliphatic rings. The van der Waals surface area contributed by atoms with Crippen molar-refractivity contribution in [3.05, 3.63) is 48.8 Å². The van der Waals surface area contributed by atoms with Gasteiger partial charge in [-0.1, -0.05) is 12.1 Å². The van der Waals surface area contributed by atoms with Crippen LogP contribution in [-0.2, 0) is 0 Å². The number of anilines is 2. The molecule has 19 heavy (non-hydrogen) atoms. The van der Waals surface area contributed by atoms with E-state index >= 15 is 0 Å². The van der Waals surface area contributed by atoms with E-state index in [2.05, 4.69) is 20.6 Å². The zero-order chi connectivity index (χ0) is 13.1. The third-order valence-corrected chi connectivity index (χ3v) is 3.41. The maximum absolute atomic E-state index is 10.1. The van der Waals surface area contributed by atoms with Crippen LogP contribution in [0, 0.1) is 0 Å². The Labute approximate surface area is 111 Å². The topological polar surface area (TPSA) is 70.1 Å². The standard InChI is InChI=1S/C14H16N4O/c19-11-7-8-14(11,17-12-5-1-3-9-15-12)18-13-6-2-4-10-16-13/h1-6,9-11,19H,7-8H2,(H,15,17)(H,16,18). The summed E-state index contributed by atoms with van der Waals surface area (Å²) in [4.78, 5) is 8.48. The molecule has 1 aliphatic carbocycles. The summed E-state index contributed by atoms with van der Waals surface area (Å²) >= 11 is 0. The fourth-order valence-electron chi connectivity index (χ4n) is 2.22. The Bertz CT molecular complexity index is 490. The van der Waals surface area contributed by atoms with Gasteiger partial charge in [0.25, 0.3) is 0 Å². The van der Waals surface area contributed by atoms with Gasteiger partial charge in [0.1, 0.15) is 17.3 Å². The molecule has 0 radical (unpaired) electrons. The Morgan fingerprint density at radius 1 is 1.00 bits per heavy atom. The number of aliphatic hydroxyl groups is 1. The summed E-state index contributed by atoms with van der Waals surface area (Å²) in [6.45, 7) is 0. The lowest BCUT2D eigenvalue weighted by Gasteiger charge is -2.48. The zero-order valence-corrected chi connectivity index (χ0v) is 10.5. The van der Waals surface area contributed by atoms with E-state index in [1.54, 1.807) is 12.4 Å². The minimum Gasteiger partial charge on any atom is -0.389 e. The molecule has 2 heterocycles. The lowest BCUT2D eigenvalue weighted by atomic mass is 9.81. The van der Waals surface area contributed by atoms with Crippen LogP contribution in [0.25, 0.3) is 0 Å². The van der Waals surface area contributed by atoms with Crippen molar-refractivity contribution in [3.63, 3.8) is 0 Å². The van der Waals surface area contributed by atoms with Crippen LogP contribution in [0.2, 0.25) is 0 Å². The van der Waals surface area contributed by atoms with Crippen molar-refractivity contribution in [3.8, 4) is 0 Å². The molecule has 0 spiro atoms. The molecule has 3 N–H and O–H groups in total. The predicted molar refractivity (Wildman–Crippen MR) is 73.7 cm³/mol. The van der Waals surface area contributed by atoms with Gasteiger partial charge in [-0.2, -0.15) is 0 Å². The van der Waals surface area contributed by atoms with Gasteiger partial charge in [0.05, 0.1) is 6.10 Å². The van der Waals surface area contributed by atoms with Crippen molar-refractivity contribution >= 4 is 11.6 Å². The van der Waals surface area contributed by atoms with E-state index in [0.717, 1.165) is 24.5 Å². The van der Waals surface area contributed by atoms with Crippen LogP contribution in [0.3, 0.4) is 0 Å². The number of hydrogen-bond acceptors (Lipinski definition) is 5. The third-order valence-electron chi connectivity index (χ3n) is 3.41. The molecule has 0 aliphatic heterocycles. The normalized spacial score (nSPS) is 20.4. The summed E-state index contributed by atoms with van der Waals surface area (Å²) in [5.74, 6) is 1.48. The summed E-state index contributed by atoms with van der Waals surface area (Å²) < 4.78 is 0. The summed E-state index contributed by atoms with van der Waals surface area (Å²) in [6, 6.07) is 11.3. The van der Waals surface area contributed by atoms with E-state index in [1.165, 1.54) is 0 Å². The molecule has 0 aromatic carbocycles. The quantitative estimate of drug-likeness (QED) is 0.728. The molecule has 0 amide bonds. The summed E-state index contributed by atoms with van der Waals surface area (Å²) in [6.07, 6.45) is 4.57. The Balaban J connectivity index is 1.80. The van der Waals surface area contributed by atoms with E-state index in [-0.39, 0.29) is 0 Å². The zero-order valence-electron chi connectivity index (χ0n) is 10.5. The number of aromatic nitrogens is 2. The number of nitrogens with zero attached hydrogens (tertiary/aromatic N) is 2. The Morgan fingerprint density at radius 3 is 1.89 bits per heavy atom. The molecule has 0 saturated heterocycles. The molecule has 1 fully saturated rings. The molecule has 2 aromatic rings. The van der Waals surface area contributed by atoms with Crippen LogP contribution in [-0.4, -0.2) is 26.8 Å². The largest absolute Gasteiger partial charge is 0.389 e. The SMILES string of the molecule is OC1CCC1(Nc1ccccn1)Nc1ccccn1. The van der Waals surface area contributed by atoms with E-state index in [4.69, 9.17) is 0 Å². The van der Waals surface area contributed by atoms with E-state index in [9.17, 15) is 5.11 Å². The Hall–Kier alpha value is -2.14. The van der Waals surface area contributed by atoms with Gasteiger partial charge in [-0.3, -0.25) is 0 Å². The first kappa shape index (κ1) is 11.9. The van der Waals surface area contributed by atoms with Crippen molar-refractivity contribution in [2.45, 2.75) is 24.6 Å². The minimum absolute atomic E-state index is 0.462. The van der Waals surface area contributed by atoms with Gasteiger partial charge in [-0.05, 0) is 37.1 Å². The van der Waals surface area contributed by atoms with Gasteiger partial charge >= 0.3 is 0 Å². The molecule has 98 valence electrons. The van der Waals surface area contributed by atoms with Crippen molar-refractivity contribution < 1.29 is 5.11 Å². The van der Waals surface area contributed by atoms with Crippen LogP contribution in [0.1, 0.15) is 12.8 Å². The maximum atomic E-state index is 10.1. The van der Waals surface area contributed by atoms with Crippen molar-refractivity contribution in [2.24, 2.45) is 0 Å². The molecule has 3 rings (SSSR count). The van der Waals surface area contributed by atoms with Gasteiger partial charge < -0.3 is 15.7 Å². The smallest absolute Gasteiger partial charge is 0.137 e. The van der Waals surface area contributed by atoms with E-state index in [0.29, 0.717) is 0 Å². The number of aliphatic hydroxyl groups excluding tert-OH is 1. The number of pyridine rings is 2. The van der Waals surface area contributed by atoms with Crippen LogP contribution in [0.4, 0.5) is 11.6 Å². The Kier molecular flexibility index (Phi) is 3.05. The average Bonchev–Trinajstić information content (AvgIpc) is 2.47. The second kappa shape index (κ2) is 4.85. The monoisotopic (exact) mass is 256 g/mol. The van der Waals surface area contributed by atoms with Crippen molar-refractivity contribution in [1.82, 2.24) is 9.97 Å². The van der Waals surface area contributed by atoms with Gasteiger partial charge in [0, 0.05) is 12.4 Å². The second-order valence-electron chi connectivity index (χ2n) is 4.71. The van der Waals surface area contributed by atoms with E-state index in [1.807, 2.05) is 36.4 Å². The first-order valence-electron chi connectivity index (χ1n) is 6.35. The highest BCUT2D eigenvalue weighted by Crippen LogP contribution is 2.35. The maximum Gasteiger partial charge on any atom is 0.137 e. The predicted octanol–water partition coefficient (Wildman–Crippen LogP) is 1.85. The third kappa shape index (κ3) is 2.37. The molecule has 5 heteroatoms. The van der Waals surface area contributed by atoms with Gasteiger partial charge in [-0.25, -0.2) is 9.97 Å². The lowest BCUT2D eigenvalue weighted by molar-refractivity contribution is 0.0279. The molecule has 1 unspecified atom stereocenters. The highest BCUT2D eigenvalue weighted by atomic mass is 16.3. The van der Waals surface area contributed by atoms with Crippen LogP contribution < -0.4 is 10.6 Å². The first-order valence-corrected chi connectivity index (χ1v) is 6.35. The van der Waals surface area contributed by atoms with Crippen LogP contribution in [0.15, 0.2) is 48.8 Å². The van der Waals surface area contributed by atoms with Crippen LogP contribution >= 0.6 is 0 Å². The van der Waals surface area contributed by atoms with Crippen molar-refractivity contribution in [1.29, 1.82) is 0 Å². The van der Waals surface area contributed by atoms with Gasteiger partial charge in [0.2, 0.25) is 0 Å². The number of rotatable bonds is 4. The van der Waals surface area contributed by atoms with Gasteiger partial charge in [0.15, 0.2) is 0 Å². The molecular formula is C14H16N4O. The van der Waals surface area contributed by atoms with Gasteiger partial charge in [-0.15, -0.1) is 0 Å². The summed E-state index contributed by atoms with van der Waals surface area (Å²) in [5, 5.41) is 16.7. The second-order valence-corrected chi connectivity index (χ2v) is 4.71. The summed E-state index contributed by atoms with van der Waals surface area (Å²) in [5.41, 5.74) is -0.581. The van der Waals surface area contributed by atoms with E-state index < -0.39 is 11.8 Å². The first-order chi connectivity index (χ1) is 9.28. The van der Waals surface area contributed by atoms with Crippen LogP contribution in [0.5, 0.6) is 0 Å². The summed E-state index contributed by atoms with van der Waals surface area (Å²) in [7, 11) is 0. The lowest BCUT2D eigenvalue weighted by Crippen LogP contribution is -2.63. The average molecular weight is 256 g/mol. The molecule has 1 atom stereocenters. The molecule has 2 aromatic heterocycles.